The van der Waals surface area contributed by atoms with Crippen LogP contribution in [0, 0.1) is 6.07 Å². The normalized spacial score (nSPS) is 9.56. The van der Waals surface area contributed by atoms with E-state index in [1.807, 2.05) is 0 Å². The summed E-state index contributed by atoms with van der Waals surface area (Å²) >= 11 is 10.7. The first-order valence-electron chi connectivity index (χ1n) is 2.03. The zero-order chi connectivity index (χ0) is 6.85. The van der Waals surface area contributed by atoms with E-state index >= 15 is 0 Å². The van der Waals surface area contributed by atoms with E-state index < -0.39 is 5.56 Å². The van der Waals surface area contributed by atoms with Crippen LogP contribution in [0.1, 0.15) is 0 Å². The molecule has 0 atom stereocenters. The molecule has 0 spiro atoms. The third-order valence-corrected chi connectivity index (χ3v) is 1.30. The van der Waals surface area contributed by atoms with Gasteiger partial charge in [0.1, 0.15) is 0 Å². The number of H-pyrrole nitrogens is 1. The predicted molar refractivity (Wildman–Crippen MR) is 33.7 cm³/mol. The second kappa shape index (κ2) is 2.37. The van der Waals surface area contributed by atoms with E-state index in [-0.39, 0.29) is 10.2 Å². The summed E-state index contributed by atoms with van der Waals surface area (Å²) in [6, 6.07) is 2.20. The Morgan fingerprint density at radius 3 is 2.67 bits per heavy atom. The molecule has 0 bridgehead atoms. The van der Waals surface area contributed by atoms with Gasteiger partial charge in [-0.05, 0) is 0 Å². The van der Waals surface area contributed by atoms with Gasteiger partial charge in [0.25, 0.3) is 5.56 Å². The summed E-state index contributed by atoms with van der Waals surface area (Å²) in [5, 5.41) is 5.50. The van der Waals surface area contributed by atoms with Crippen LogP contribution >= 0.6 is 23.2 Å². The van der Waals surface area contributed by atoms with Crippen LogP contribution in [0.15, 0.2) is 4.79 Å². The van der Waals surface area contributed by atoms with Crippen molar-refractivity contribution >= 4 is 23.2 Å². The van der Waals surface area contributed by atoms with E-state index in [4.69, 9.17) is 23.2 Å². The number of nitrogens with one attached hydrogen (secondary N) is 1. The van der Waals surface area contributed by atoms with Crippen molar-refractivity contribution < 1.29 is 0 Å². The highest BCUT2D eigenvalue weighted by atomic mass is 35.5. The maximum atomic E-state index is 10.3. The summed E-state index contributed by atoms with van der Waals surface area (Å²) in [5.41, 5.74) is -0.482. The molecule has 47 valence electrons. The Kier molecular flexibility index (Phi) is 1.73. The lowest BCUT2D eigenvalue weighted by Crippen LogP contribution is -2.06. The van der Waals surface area contributed by atoms with Crippen molar-refractivity contribution in [2.75, 3.05) is 0 Å². The SMILES string of the molecule is O=c1[c]c(Cl)c(Cl)n[nH]1. The molecule has 0 saturated heterocycles. The first-order chi connectivity index (χ1) is 4.20. The van der Waals surface area contributed by atoms with Gasteiger partial charge < -0.3 is 0 Å². The fourth-order valence-electron chi connectivity index (χ4n) is 0.328. The van der Waals surface area contributed by atoms with E-state index in [1.54, 1.807) is 0 Å². The molecule has 9 heavy (non-hydrogen) atoms. The quantitative estimate of drug-likeness (QED) is 0.618. The number of aromatic nitrogens is 2. The Morgan fingerprint density at radius 2 is 2.22 bits per heavy atom. The molecule has 1 N–H and O–H groups in total. The molecular weight excluding hydrogens is 163 g/mol. The van der Waals surface area contributed by atoms with Gasteiger partial charge in [-0.1, -0.05) is 23.2 Å². The third kappa shape index (κ3) is 1.43. The van der Waals surface area contributed by atoms with Crippen LogP contribution in [0.4, 0.5) is 0 Å². The summed E-state index contributed by atoms with van der Waals surface area (Å²) in [5.74, 6) is 0. The van der Waals surface area contributed by atoms with Crippen molar-refractivity contribution in [3.63, 3.8) is 0 Å². The summed E-state index contributed by atoms with van der Waals surface area (Å²) in [6.45, 7) is 0. The summed E-state index contributed by atoms with van der Waals surface area (Å²) in [7, 11) is 0. The minimum absolute atomic E-state index is 0.0421. The lowest BCUT2D eigenvalue weighted by atomic mass is 10.6. The van der Waals surface area contributed by atoms with Gasteiger partial charge in [0, 0.05) is 0 Å². The largest absolute Gasteiger partial charge is 0.273 e. The molecule has 0 amide bonds. The van der Waals surface area contributed by atoms with E-state index in [1.165, 1.54) is 0 Å². The fourth-order valence-corrected chi connectivity index (χ4v) is 0.546. The van der Waals surface area contributed by atoms with Crippen LogP contribution in [0.25, 0.3) is 0 Å². The standard InChI is InChI=1S/C4HCl2N2O/c5-2-1-3(9)7-8-4(2)6/h(H,7,9). The number of rotatable bonds is 0. The Bertz CT molecular complexity index is 270. The molecule has 0 saturated carbocycles. The first kappa shape index (κ1) is 6.58. The molecule has 1 heterocycles. The Labute approximate surface area is 60.6 Å². The summed E-state index contributed by atoms with van der Waals surface area (Å²) in [4.78, 5) is 10.3. The van der Waals surface area contributed by atoms with Crippen LogP contribution in [-0.2, 0) is 0 Å². The van der Waals surface area contributed by atoms with E-state index in [0.29, 0.717) is 0 Å². The van der Waals surface area contributed by atoms with Gasteiger partial charge in [-0.25, -0.2) is 5.10 Å². The molecule has 1 aromatic heterocycles. The van der Waals surface area contributed by atoms with Crippen LogP contribution in [0.5, 0.6) is 0 Å². The molecule has 1 radical (unpaired) electrons. The molecule has 0 aliphatic heterocycles. The minimum Gasteiger partial charge on any atom is -0.267 e. The maximum Gasteiger partial charge on any atom is 0.273 e. The predicted octanol–water partition coefficient (Wildman–Crippen LogP) is 0.877. The molecule has 0 fully saturated rings. The highest BCUT2D eigenvalue weighted by molar-refractivity contribution is 6.40. The topological polar surface area (TPSA) is 45.8 Å². The number of aromatic amines is 1. The molecular formula is C4HCl2N2O. The number of hydrogen-bond acceptors (Lipinski definition) is 2. The number of nitrogens with zero attached hydrogens (tertiary/aromatic N) is 1. The second-order valence-electron chi connectivity index (χ2n) is 1.28. The van der Waals surface area contributed by atoms with Crippen molar-refractivity contribution in [2.24, 2.45) is 0 Å². The molecule has 0 aliphatic rings. The van der Waals surface area contributed by atoms with Crippen LogP contribution < -0.4 is 5.56 Å². The van der Waals surface area contributed by atoms with E-state index in [9.17, 15) is 4.79 Å². The van der Waals surface area contributed by atoms with Gasteiger partial charge in [0.15, 0.2) is 5.15 Å². The van der Waals surface area contributed by atoms with E-state index in [2.05, 4.69) is 16.3 Å². The monoisotopic (exact) mass is 163 g/mol. The van der Waals surface area contributed by atoms with Crippen molar-refractivity contribution in [1.29, 1.82) is 0 Å². The maximum absolute atomic E-state index is 10.3. The molecule has 0 unspecified atom stereocenters. The highest BCUT2D eigenvalue weighted by Gasteiger charge is 1.96. The van der Waals surface area contributed by atoms with Crippen molar-refractivity contribution in [2.45, 2.75) is 0 Å². The average molecular weight is 164 g/mol. The summed E-state index contributed by atoms with van der Waals surface area (Å²) in [6.07, 6.45) is 0. The Hall–Kier alpha value is -0.540. The lowest BCUT2D eigenvalue weighted by Gasteiger charge is -1.86. The van der Waals surface area contributed by atoms with Gasteiger partial charge >= 0.3 is 0 Å². The van der Waals surface area contributed by atoms with Crippen molar-refractivity contribution in [3.05, 3.63) is 26.6 Å². The average Bonchev–Trinajstić information content (AvgIpc) is 1.80. The zero-order valence-corrected chi connectivity index (χ0v) is 5.62. The van der Waals surface area contributed by atoms with Crippen LogP contribution in [0.2, 0.25) is 10.2 Å². The van der Waals surface area contributed by atoms with Gasteiger partial charge in [-0.3, -0.25) is 4.79 Å². The zero-order valence-electron chi connectivity index (χ0n) is 4.11. The molecule has 0 aromatic carbocycles. The smallest absolute Gasteiger partial charge is 0.267 e. The van der Waals surface area contributed by atoms with Gasteiger partial charge in [-0.15, -0.1) is 0 Å². The first-order valence-corrected chi connectivity index (χ1v) is 2.79. The van der Waals surface area contributed by atoms with Crippen LogP contribution in [-0.4, -0.2) is 10.2 Å². The van der Waals surface area contributed by atoms with Gasteiger partial charge in [0.05, 0.1) is 11.1 Å². The van der Waals surface area contributed by atoms with Gasteiger partial charge in [-0.2, -0.15) is 5.10 Å². The molecule has 0 aliphatic carbocycles. The molecule has 5 heteroatoms. The van der Waals surface area contributed by atoms with Crippen LogP contribution in [0.3, 0.4) is 0 Å². The highest BCUT2D eigenvalue weighted by Crippen LogP contribution is 2.13. The van der Waals surface area contributed by atoms with Crippen molar-refractivity contribution in [3.8, 4) is 0 Å². The Morgan fingerprint density at radius 1 is 1.56 bits per heavy atom. The molecule has 1 aromatic rings. The second-order valence-corrected chi connectivity index (χ2v) is 2.02. The molecule has 1 rings (SSSR count). The Balaban J connectivity index is 3.34. The molecule has 3 nitrogen and oxygen atoms in total. The number of halogens is 2. The lowest BCUT2D eigenvalue weighted by molar-refractivity contribution is 0.986. The van der Waals surface area contributed by atoms with Gasteiger partial charge in [0.2, 0.25) is 0 Å². The van der Waals surface area contributed by atoms with E-state index in [0.717, 1.165) is 0 Å². The fraction of sp³-hybridized carbons (Fsp3) is 0. The minimum atomic E-state index is -0.482. The van der Waals surface area contributed by atoms with Crippen molar-refractivity contribution in [1.82, 2.24) is 10.2 Å². The third-order valence-electron chi connectivity index (χ3n) is 0.660. The summed E-state index contributed by atoms with van der Waals surface area (Å²) < 4.78 is 0. The number of hydrogen-bond donors (Lipinski definition) is 1.